The molecule has 0 aromatic carbocycles. The highest BCUT2D eigenvalue weighted by Gasteiger charge is 2.16. The van der Waals surface area contributed by atoms with Gasteiger partial charge in [0.1, 0.15) is 0 Å². The maximum absolute atomic E-state index is 4.16. The van der Waals surface area contributed by atoms with Crippen molar-refractivity contribution in [3.05, 3.63) is 24.0 Å². The molecule has 0 bridgehead atoms. The second kappa shape index (κ2) is 3.75. The summed E-state index contributed by atoms with van der Waals surface area (Å²) in [5, 5.41) is 3.17. The largest absolute Gasteiger partial charge is 0.370 e. The maximum atomic E-state index is 4.16. The van der Waals surface area contributed by atoms with E-state index in [1.807, 2.05) is 19.4 Å². The lowest BCUT2D eigenvalue weighted by Crippen LogP contribution is -2.38. The Hall–Kier alpha value is -1.09. The molecule has 0 spiro atoms. The minimum Gasteiger partial charge on any atom is -0.370 e. The van der Waals surface area contributed by atoms with Crippen LogP contribution in [-0.4, -0.2) is 25.1 Å². The predicted molar refractivity (Wildman–Crippen MR) is 53.8 cm³/mol. The Kier molecular flexibility index (Phi) is 2.45. The molecule has 3 nitrogen and oxygen atoms in total. The first-order chi connectivity index (χ1) is 6.42. The van der Waals surface area contributed by atoms with E-state index >= 15 is 0 Å². The molecule has 3 heteroatoms. The van der Waals surface area contributed by atoms with Gasteiger partial charge >= 0.3 is 0 Å². The molecule has 2 rings (SSSR count). The van der Waals surface area contributed by atoms with Crippen LogP contribution in [0, 0.1) is 0 Å². The highest BCUT2D eigenvalue weighted by Crippen LogP contribution is 2.23. The first-order valence-electron chi connectivity index (χ1n) is 4.74. The SMILES string of the molecule is CNCc1ccncc1N1CCC1. The Morgan fingerprint density at radius 2 is 2.38 bits per heavy atom. The molecule has 0 amide bonds. The minimum atomic E-state index is 0.925. The van der Waals surface area contributed by atoms with Crippen LogP contribution in [0.4, 0.5) is 5.69 Å². The van der Waals surface area contributed by atoms with Gasteiger partial charge in [0.2, 0.25) is 0 Å². The molecule has 0 saturated carbocycles. The van der Waals surface area contributed by atoms with Crippen LogP contribution in [0.1, 0.15) is 12.0 Å². The summed E-state index contributed by atoms with van der Waals surface area (Å²) in [6.07, 6.45) is 5.13. The summed E-state index contributed by atoms with van der Waals surface area (Å²) in [5.41, 5.74) is 2.64. The van der Waals surface area contributed by atoms with Crippen molar-refractivity contribution in [2.75, 3.05) is 25.0 Å². The molecule has 1 saturated heterocycles. The van der Waals surface area contributed by atoms with Gasteiger partial charge < -0.3 is 10.2 Å². The normalized spacial score (nSPS) is 15.6. The molecule has 0 aliphatic carbocycles. The lowest BCUT2D eigenvalue weighted by molar-refractivity contribution is 0.611. The zero-order chi connectivity index (χ0) is 9.10. The molecule has 1 aliphatic rings. The Balaban J connectivity index is 2.20. The Morgan fingerprint density at radius 1 is 1.54 bits per heavy atom. The van der Waals surface area contributed by atoms with Crippen molar-refractivity contribution in [1.29, 1.82) is 0 Å². The van der Waals surface area contributed by atoms with E-state index in [4.69, 9.17) is 0 Å². The molecule has 0 atom stereocenters. The molecule has 0 unspecified atom stereocenters. The Bertz CT molecular complexity index is 281. The average molecular weight is 177 g/mol. The summed E-state index contributed by atoms with van der Waals surface area (Å²) >= 11 is 0. The summed E-state index contributed by atoms with van der Waals surface area (Å²) in [7, 11) is 1.97. The van der Waals surface area contributed by atoms with Crippen LogP contribution < -0.4 is 10.2 Å². The van der Waals surface area contributed by atoms with Crippen molar-refractivity contribution < 1.29 is 0 Å². The number of aromatic nitrogens is 1. The quantitative estimate of drug-likeness (QED) is 0.747. The van der Waals surface area contributed by atoms with Crippen LogP contribution in [-0.2, 0) is 6.54 Å². The molecular weight excluding hydrogens is 162 g/mol. The maximum Gasteiger partial charge on any atom is 0.0598 e. The van der Waals surface area contributed by atoms with Crippen LogP contribution in [0.5, 0.6) is 0 Å². The van der Waals surface area contributed by atoms with Gasteiger partial charge in [-0.2, -0.15) is 0 Å². The highest BCUT2D eigenvalue weighted by molar-refractivity contribution is 5.53. The summed E-state index contributed by atoms with van der Waals surface area (Å²) < 4.78 is 0. The average Bonchev–Trinajstić information content (AvgIpc) is 2.05. The fraction of sp³-hybridized carbons (Fsp3) is 0.500. The number of nitrogens with zero attached hydrogens (tertiary/aromatic N) is 2. The zero-order valence-electron chi connectivity index (χ0n) is 7.95. The van der Waals surface area contributed by atoms with E-state index in [1.54, 1.807) is 0 Å². The van der Waals surface area contributed by atoms with Crippen molar-refractivity contribution >= 4 is 5.69 Å². The van der Waals surface area contributed by atoms with Gasteiger partial charge in [0.05, 0.1) is 11.9 Å². The number of rotatable bonds is 3. The first kappa shape index (κ1) is 8.51. The molecule has 13 heavy (non-hydrogen) atoms. The smallest absolute Gasteiger partial charge is 0.0598 e. The monoisotopic (exact) mass is 177 g/mol. The van der Waals surface area contributed by atoms with Crippen LogP contribution in [0.25, 0.3) is 0 Å². The van der Waals surface area contributed by atoms with Crippen LogP contribution in [0.2, 0.25) is 0 Å². The van der Waals surface area contributed by atoms with Gasteiger partial charge in [-0.05, 0) is 25.1 Å². The summed E-state index contributed by atoms with van der Waals surface area (Å²) in [4.78, 5) is 6.54. The molecule has 1 aliphatic heterocycles. The van der Waals surface area contributed by atoms with E-state index in [1.165, 1.54) is 30.8 Å². The third-order valence-electron chi connectivity index (χ3n) is 2.45. The van der Waals surface area contributed by atoms with Gasteiger partial charge in [0, 0.05) is 25.8 Å². The third-order valence-corrected chi connectivity index (χ3v) is 2.45. The fourth-order valence-electron chi connectivity index (χ4n) is 1.60. The number of pyridine rings is 1. The number of hydrogen-bond donors (Lipinski definition) is 1. The summed E-state index contributed by atoms with van der Waals surface area (Å²) in [6.45, 7) is 3.29. The van der Waals surface area contributed by atoms with Gasteiger partial charge in [0.15, 0.2) is 0 Å². The molecule has 0 radical (unpaired) electrons. The summed E-state index contributed by atoms with van der Waals surface area (Å²) in [6, 6.07) is 2.09. The lowest BCUT2D eigenvalue weighted by Gasteiger charge is -2.34. The molecule has 1 aromatic rings. The van der Waals surface area contributed by atoms with Crippen molar-refractivity contribution in [1.82, 2.24) is 10.3 Å². The highest BCUT2D eigenvalue weighted by atomic mass is 15.2. The predicted octanol–water partition coefficient (Wildman–Crippen LogP) is 1.01. The Morgan fingerprint density at radius 3 is 3.00 bits per heavy atom. The fourth-order valence-corrected chi connectivity index (χ4v) is 1.60. The topological polar surface area (TPSA) is 28.2 Å². The van der Waals surface area contributed by atoms with Crippen LogP contribution >= 0.6 is 0 Å². The number of hydrogen-bond acceptors (Lipinski definition) is 3. The van der Waals surface area contributed by atoms with Crippen molar-refractivity contribution in [3.8, 4) is 0 Å². The van der Waals surface area contributed by atoms with Gasteiger partial charge in [0.25, 0.3) is 0 Å². The van der Waals surface area contributed by atoms with Crippen LogP contribution in [0.3, 0.4) is 0 Å². The molecular formula is C10H15N3. The van der Waals surface area contributed by atoms with Gasteiger partial charge in [-0.25, -0.2) is 0 Å². The first-order valence-corrected chi connectivity index (χ1v) is 4.74. The van der Waals surface area contributed by atoms with E-state index in [9.17, 15) is 0 Å². The van der Waals surface area contributed by atoms with E-state index in [2.05, 4.69) is 21.3 Å². The minimum absolute atomic E-state index is 0.925. The third kappa shape index (κ3) is 1.65. The lowest BCUT2D eigenvalue weighted by atomic mass is 10.1. The number of anilines is 1. The van der Waals surface area contributed by atoms with Gasteiger partial charge in [-0.3, -0.25) is 4.98 Å². The van der Waals surface area contributed by atoms with E-state index in [0.717, 1.165) is 6.54 Å². The molecule has 1 fully saturated rings. The van der Waals surface area contributed by atoms with Crippen LogP contribution in [0.15, 0.2) is 18.5 Å². The van der Waals surface area contributed by atoms with Crippen molar-refractivity contribution in [2.45, 2.75) is 13.0 Å². The van der Waals surface area contributed by atoms with Crippen molar-refractivity contribution in [2.24, 2.45) is 0 Å². The zero-order valence-corrected chi connectivity index (χ0v) is 7.95. The van der Waals surface area contributed by atoms with Gasteiger partial charge in [-0.1, -0.05) is 0 Å². The second-order valence-corrected chi connectivity index (χ2v) is 3.38. The van der Waals surface area contributed by atoms with E-state index in [-0.39, 0.29) is 0 Å². The van der Waals surface area contributed by atoms with E-state index in [0.29, 0.717) is 0 Å². The number of nitrogens with one attached hydrogen (secondary N) is 1. The molecule has 70 valence electrons. The van der Waals surface area contributed by atoms with Gasteiger partial charge in [-0.15, -0.1) is 0 Å². The van der Waals surface area contributed by atoms with Crippen molar-refractivity contribution in [3.63, 3.8) is 0 Å². The Labute approximate surface area is 78.8 Å². The standard InChI is InChI=1S/C10H15N3/c1-11-7-9-3-4-12-8-10(9)13-5-2-6-13/h3-4,8,11H,2,5-7H2,1H3. The molecule has 1 N–H and O–H groups in total. The second-order valence-electron chi connectivity index (χ2n) is 3.38. The summed E-state index contributed by atoms with van der Waals surface area (Å²) in [5.74, 6) is 0. The van der Waals surface area contributed by atoms with E-state index < -0.39 is 0 Å². The molecule has 1 aromatic heterocycles. The molecule has 2 heterocycles.